The number of fused-ring (bicyclic) bond motifs is 9. The molecule has 1 aliphatic heterocycles. The van der Waals surface area contributed by atoms with Crippen molar-refractivity contribution in [1.29, 1.82) is 0 Å². The molecule has 6 amide bonds. The quantitative estimate of drug-likeness (QED) is 0.00339. The monoisotopic (exact) mass is 1770 g/mol. The van der Waals surface area contributed by atoms with Gasteiger partial charge in [-0.1, -0.05) is 214 Å². The topological polar surface area (TPSA) is 402 Å². The number of benzene rings is 6. The van der Waals surface area contributed by atoms with E-state index in [0.29, 0.717) is 72.1 Å². The molecule has 30 nitrogen and oxygen atoms in total. The number of likely N-dealkylation sites (tertiary alicyclic amines) is 1. The first-order valence-corrected chi connectivity index (χ1v) is 43.6. The summed E-state index contributed by atoms with van der Waals surface area (Å²) in [7, 11) is 0. The molecule has 10 rings (SSSR count). The van der Waals surface area contributed by atoms with Gasteiger partial charge in [-0.05, 0) is 200 Å². The number of nitrogens with two attached hydrogens (primary N) is 1. The molecule has 10 N–H and O–H groups in total. The third-order valence-electron chi connectivity index (χ3n) is 18.7. The van der Waals surface area contributed by atoms with Gasteiger partial charge < -0.3 is 73.8 Å². The van der Waals surface area contributed by atoms with Crippen LogP contribution in [0.1, 0.15) is 259 Å². The maximum atomic E-state index is 12.1. The van der Waals surface area contributed by atoms with Crippen LogP contribution < -0.4 is 32.8 Å². The van der Waals surface area contributed by atoms with E-state index in [2.05, 4.69) is 114 Å². The van der Waals surface area contributed by atoms with Crippen LogP contribution in [0.3, 0.4) is 0 Å². The van der Waals surface area contributed by atoms with Crippen LogP contribution >= 0.6 is 0 Å². The van der Waals surface area contributed by atoms with E-state index in [0.717, 1.165) is 124 Å². The Morgan fingerprint density at radius 2 is 0.890 bits per heavy atom. The molecule has 1 atom stereocenters. The molecule has 30 heteroatoms. The molecule has 0 aromatic heterocycles. The van der Waals surface area contributed by atoms with Crippen LogP contribution in [0.25, 0.3) is 33.4 Å². The van der Waals surface area contributed by atoms with Crippen LogP contribution in [0.5, 0.6) is 0 Å². The summed E-state index contributed by atoms with van der Waals surface area (Å²) in [6.45, 7) is 33.3. The molecule has 0 spiro atoms. The molecule has 3 aliphatic carbocycles. The summed E-state index contributed by atoms with van der Waals surface area (Å²) >= 11 is 0. The predicted molar refractivity (Wildman–Crippen MR) is 497 cm³/mol. The van der Waals surface area contributed by atoms with E-state index in [1.807, 2.05) is 161 Å². The molecule has 6 aromatic rings. The second kappa shape index (κ2) is 65.7. The Labute approximate surface area is 753 Å². The van der Waals surface area contributed by atoms with Gasteiger partial charge in [0, 0.05) is 89.4 Å². The number of carbonyl (C=O) groups is 9. The molecule has 6 aromatic carbocycles. The van der Waals surface area contributed by atoms with Gasteiger partial charge in [0.05, 0.1) is 0 Å². The number of amides is 6. The number of hydrogen-bond acceptors (Lipinski definition) is 22. The summed E-state index contributed by atoms with van der Waals surface area (Å²) in [6.07, 6.45) is 11.1. The van der Waals surface area contributed by atoms with E-state index in [1.54, 1.807) is 6.21 Å². The average Bonchev–Trinajstić information content (AvgIpc) is 1.63. The van der Waals surface area contributed by atoms with Gasteiger partial charge in [0.25, 0.3) is 0 Å². The number of carboxylic acid groups (broad SMARTS) is 2. The number of hydrazone groups is 1. The molecule has 1 fully saturated rings. The Kier molecular flexibility index (Phi) is 59.0. The van der Waals surface area contributed by atoms with Crippen LogP contribution in [-0.2, 0) is 57.0 Å². The lowest BCUT2D eigenvalue weighted by Gasteiger charge is -2.26. The smallest absolute Gasteiger partial charge is 0.427 e. The number of ether oxygens (including phenoxy) is 9. The van der Waals surface area contributed by atoms with E-state index >= 15 is 0 Å². The molecule has 0 radical (unpaired) electrons. The van der Waals surface area contributed by atoms with E-state index < -0.39 is 53.9 Å². The highest BCUT2D eigenvalue weighted by atomic mass is 16.7. The number of hydrazine groups is 2. The van der Waals surface area contributed by atoms with Gasteiger partial charge in [0.15, 0.2) is 12.6 Å². The fraction of sp³-hybridized carbons (Fsp3) is 0.526. The van der Waals surface area contributed by atoms with E-state index in [-0.39, 0.29) is 70.7 Å². The van der Waals surface area contributed by atoms with Crippen molar-refractivity contribution in [3.8, 4) is 33.4 Å². The molecule has 127 heavy (non-hydrogen) atoms. The lowest BCUT2D eigenvalue weighted by molar-refractivity contribution is -0.143. The lowest BCUT2D eigenvalue weighted by Crippen LogP contribution is -2.46. The standard InChI is InChI=1S/C20H22N2O4.C19H22N2O2.C19H20N2O2.C13H27NO4.C9H17NO3.C8H19NO2.C5H10O.C2H2O3.2CH4/c1-2-3-12-22(20(24)25)21-19(23)26-13-18-16-10-6-4-8-14(16)15-9-5-7-11-17(15)18;2*1-2-3-12-20-21-19(22)23-13-18-16-10-6-4-8-14(16)15-9-5-7-11-17(15)18;1-6-16-11(17-7-2)9-8-10-14-12(15)18-13(3,4)5;1-9(2,3)13-8(12)10-6-4-5-7(10)11;1-3-10-8(11-4-2)6-5-7-9;1-2-3-4-5-6;3-1-2(4)5;;/h4-11,18H,2-3,12-13H2,1H3,(H,21,23)(H,24,25);4-11,18,20H,2-3,12-13H2,1H3,(H,21,22);4-12,18H,2-3,13H2,1H3,(H,21,22);11H,6-10H2,1-5H3,(H,14,15);7,11H,4-6H2,1-3H3;8H,3-7,9H2,1-2H3;5H,2-4H2,1H3;1H,(H,4,5);2*1H4/b;;20-12+;;;;;;;. The predicted octanol–water partition coefficient (Wildman–Crippen LogP) is 19.4. The fourth-order valence-corrected chi connectivity index (χ4v) is 13.0. The normalized spacial score (nSPS) is 12.7. The first kappa shape index (κ1) is 114. The van der Waals surface area contributed by atoms with E-state index in [4.69, 9.17) is 68.2 Å². The van der Waals surface area contributed by atoms with Crippen molar-refractivity contribution in [2.24, 2.45) is 10.8 Å². The minimum absolute atomic E-state index is 0. The molecule has 0 bridgehead atoms. The molecular formula is C97H147N9O21. The van der Waals surface area contributed by atoms with E-state index in [1.165, 1.54) is 49.4 Å². The van der Waals surface area contributed by atoms with Crippen LogP contribution in [-0.4, -0.2) is 196 Å². The lowest BCUT2D eigenvalue weighted by atomic mass is 9.98. The van der Waals surface area contributed by atoms with Gasteiger partial charge in [0.1, 0.15) is 43.5 Å². The Hall–Kier alpha value is -10.9. The number of alkyl carbamates (subject to hydrolysis) is 1. The minimum Gasteiger partial charge on any atom is -0.476 e. The number of aldehydes is 2. The number of unbranched alkanes of at least 4 members (excludes halogenated alkanes) is 5. The Bertz CT molecular complexity index is 4010. The van der Waals surface area contributed by atoms with Crippen LogP contribution in [0, 0.1) is 0 Å². The first-order chi connectivity index (χ1) is 60.0. The number of aliphatic carboxylic acids is 1. The molecule has 1 heterocycles. The molecule has 0 saturated carbocycles. The molecule has 1 unspecified atom stereocenters. The zero-order valence-corrected chi connectivity index (χ0v) is 75.8. The van der Waals surface area contributed by atoms with Crippen LogP contribution in [0.2, 0.25) is 0 Å². The third kappa shape index (κ3) is 44.4. The van der Waals surface area contributed by atoms with Crippen molar-refractivity contribution in [2.75, 3.05) is 79.0 Å². The van der Waals surface area contributed by atoms with Crippen molar-refractivity contribution in [2.45, 2.75) is 256 Å². The molecule has 1 saturated heterocycles. The van der Waals surface area contributed by atoms with Gasteiger partial charge >= 0.3 is 42.5 Å². The first-order valence-electron chi connectivity index (χ1n) is 43.6. The Morgan fingerprint density at radius 1 is 0.504 bits per heavy atom. The Morgan fingerprint density at radius 3 is 1.22 bits per heavy atom. The fourth-order valence-electron chi connectivity index (χ4n) is 13.0. The minimum atomic E-state index is -1.43. The van der Waals surface area contributed by atoms with Gasteiger partial charge in [0.2, 0.25) is 6.29 Å². The summed E-state index contributed by atoms with van der Waals surface area (Å²) in [4.78, 5) is 98.4. The number of aliphatic hydroxyl groups is 1. The molecular weight excluding hydrogens is 1630 g/mol. The van der Waals surface area contributed by atoms with Crippen molar-refractivity contribution in [3.05, 3.63) is 179 Å². The van der Waals surface area contributed by atoms with Gasteiger partial charge in [-0.25, -0.2) is 54.8 Å². The third-order valence-corrected chi connectivity index (χ3v) is 18.7. The van der Waals surface area contributed by atoms with Crippen molar-refractivity contribution >= 4 is 61.3 Å². The zero-order chi connectivity index (χ0) is 92.4. The zero-order valence-electron chi connectivity index (χ0n) is 75.8. The number of nitrogens with zero attached hydrogens (tertiary/aromatic N) is 3. The van der Waals surface area contributed by atoms with Gasteiger partial charge in [-0.15, -0.1) is 0 Å². The summed E-state index contributed by atoms with van der Waals surface area (Å²) in [6, 6.07) is 49.3. The number of carbonyl (C=O) groups excluding carboxylic acids is 7. The van der Waals surface area contributed by atoms with Crippen LogP contribution in [0.4, 0.5) is 28.8 Å². The maximum absolute atomic E-state index is 12.1. The summed E-state index contributed by atoms with van der Waals surface area (Å²) < 4.78 is 47.8. The number of carboxylic acids is 1. The largest absolute Gasteiger partial charge is 0.476 e. The van der Waals surface area contributed by atoms with Crippen molar-refractivity contribution in [3.63, 3.8) is 0 Å². The number of rotatable bonds is 35. The molecule has 706 valence electrons. The van der Waals surface area contributed by atoms with Gasteiger partial charge in [-0.3, -0.25) is 15.1 Å². The SMILES string of the molecule is C.C.CC(C)(C)OC(=O)N1CCCC1O.CCC/C=N/NC(=O)OCC1c2ccccc2-c2ccccc21.CCCCC=O.CCCCN(NC(=O)OCC1c2ccccc2-c2ccccc21)C(=O)O.CCCCNNC(=O)OCC1c2ccccc2-c2ccccc21.CCOC(CCCN)OCC.CCOC(CCCNC(=O)OC(C)(C)C)OCC.O=CC(=O)O. The van der Waals surface area contributed by atoms with Crippen molar-refractivity contribution in [1.82, 2.24) is 36.9 Å². The number of nitrogens with one attached hydrogen (secondary N) is 5. The average molecular weight is 1780 g/mol. The second-order valence-corrected chi connectivity index (χ2v) is 30.7. The van der Waals surface area contributed by atoms with Crippen molar-refractivity contribution < 1.29 is 101 Å². The summed E-state index contributed by atoms with van der Waals surface area (Å²) in [5.41, 5.74) is 28.8. The van der Waals surface area contributed by atoms with E-state index in [9.17, 15) is 38.7 Å². The highest BCUT2D eigenvalue weighted by Gasteiger charge is 2.34. The highest BCUT2D eigenvalue weighted by molar-refractivity contribution is 6.19. The number of hydrogen-bond donors (Lipinski definition) is 9. The number of aliphatic hydroxyl groups excluding tert-OH is 1. The second-order valence-electron chi connectivity index (χ2n) is 30.7. The van der Waals surface area contributed by atoms with Crippen LogP contribution in [0.15, 0.2) is 151 Å². The Balaban J connectivity index is 0.000000755. The maximum Gasteiger partial charge on any atom is 0.427 e. The highest BCUT2D eigenvalue weighted by Crippen LogP contribution is 2.47. The molecule has 4 aliphatic rings. The van der Waals surface area contributed by atoms with Gasteiger partial charge in [-0.2, -0.15) is 5.10 Å². The summed E-state index contributed by atoms with van der Waals surface area (Å²) in [5, 5.41) is 33.3. The summed E-state index contributed by atoms with van der Waals surface area (Å²) in [5.74, 6) is -1.30.